The minimum absolute atomic E-state index is 0.0394. The predicted octanol–water partition coefficient (Wildman–Crippen LogP) is 11.2. The molecule has 8 heteroatoms. The molecule has 8 nitrogen and oxygen atoms in total. The molecule has 0 aromatic heterocycles. The molecule has 2 N–H and O–H groups in total. The van der Waals surface area contributed by atoms with Crippen LogP contribution in [0.1, 0.15) is 167 Å². The van der Waals surface area contributed by atoms with Gasteiger partial charge in [-0.05, 0) is 122 Å². The minimum atomic E-state index is -0.928. The largest absolute Gasteiger partial charge is 0.508 e. The van der Waals surface area contributed by atoms with E-state index in [-0.39, 0.29) is 37.3 Å². The van der Waals surface area contributed by atoms with Crippen molar-refractivity contribution in [1.29, 1.82) is 0 Å². The normalized spacial score (nSPS) is 37.9. The monoisotopic (exact) mass is 751 g/mol. The Labute approximate surface area is 324 Å². The fourth-order valence-corrected chi connectivity index (χ4v) is 10.9. The van der Waals surface area contributed by atoms with Crippen LogP contribution in [0.15, 0.2) is 0 Å². The Morgan fingerprint density at radius 2 is 0.943 bits per heavy atom. The molecule has 4 aliphatic rings. The van der Waals surface area contributed by atoms with Gasteiger partial charge in [0.25, 0.3) is 0 Å². The molecule has 4 fully saturated rings. The van der Waals surface area contributed by atoms with Crippen molar-refractivity contribution in [2.24, 2.45) is 71.0 Å². The standard InChI is InChI=1S/C23H42O4.C22H40O4/c1-15(2)19-9-7-17(5)13-21(19)27-22(24)26-12-11-23(25)14-18(6)8-10-20(23)16(3)4;1-14(2)18-9-7-16(5)11-20(18)26-21(23)25-13-22(24)12-17(6)8-10-19(22)15(3)4/h15-21,25H,7-14H2,1-6H3;14-20,24H,7-13H2,1-6H3/t17-,18-,19+,20+,21-,23+;16-,17-,18+,19+,20-,22-/m11/s1. The van der Waals surface area contributed by atoms with Crippen molar-refractivity contribution in [2.75, 3.05) is 13.2 Å². The number of carbonyl (C=O) groups excluding carboxylic acids is 2. The third kappa shape index (κ3) is 13.6. The van der Waals surface area contributed by atoms with Gasteiger partial charge in [-0.25, -0.2) is 9.59 Å². The molecule has 4 rings (SSSR count). The molecule has 0 spiro atoms. The lowest BCUT2D eigenvalue weighted by Gasteiger charge is -2.44. The van der Waals surface area contributed by atoms with E-state index in [2.05, 4.69) is 83.1 Å². The minimum Gasteiger partial charge on any atom is -0.434 e. The summed E-state index contributed by atoms with van der Waals surface area (Å²) in [7, 11) is 0. The summed E-state index contributed by atoms with van der Waals surface area (Å²) in [5, 5.41) is 22.4. The first-order valence-corrected chi connectivity index (χ1v) is 21.9. The van der Waals surface area contributed by atoms with Crippen LogP contribution in [-0.2, 0) is 18.9 Å². The average Bonchev–Trinajstić information content (AvgIpc) is 3.03. The zero-order chi connectivity index (χ0) is 39.7. The van der Waals surface area contributed by atoms with Gasteiger partial charge in [-0.2, -0.15) is 0 Å². The van der Waals surface area contributed by atoms with Gasteiger partial charge in [-0.15, -0.1) is 0 Å². The number of carbonyl (C=O) groups is 2. The highest BCUT2D eigenvalue weighted by atomic mass is 16.7. The summed E-state index contributed by atoms with van der Waals surface area (Å²) in [5.41, 5.74) is -1.66. The molecule has 0 heterocycles. The maximum absolute atomic E-state index is 12.4. The summed E-state index contributed by atoms with van der Waals surface area (Å²) in [6.07, 6.45) is 11.5. The van der Waals surface area contributed by atoms with Gasteiger partial charge in [0.15, 0.2) is 0 Å². The van der Waals surface area contributed by atoms with Crippen molar-refractivity contribution < 1.29 is 38.7 Å². The van der Waals surface area contributed by atoms with E-state index in [9.17, 15) is 19.8 Å². The van der Waals surface area contributed by atoms with Crippen LogP contribution in [0.5, 0.6) is 0 Å². The van der Waals surface area contributed by atoms with Crippen molar-refractivity contribution in [3.63, 3.8) is 0 Å². The SMILES string of the molecule is CC(C)[C@@H]1CC[C@@H](C)C[C@H]1OC(=O)OCC[C@]1(O)C[C@H](C)CC[C@H]1C(C)C.CC(C)[C@@H]1CC[C@@H](C)C[C@H]1OC(=O)OC[C@]1(O)C[C@H](C)CC[C@H]1C(C)C. The van der Waals surface area contributed by atoms with Gasteiger partial charge in [0.05, 0.1) is 12.2 Å². The van der Waals surface area contributed by atoms with Crippen molar-refractivity contribution in [1.82, 2.24) is 0 Å². The van der Waals surface area contributed by atoms with Crippen LogP contribution in [-0.4, -0.2) is 59.1 Å². The van der Waals surface area contributed by atoms with Crippen LogP contribution in [0.2, 0.25) is 0 Å². The van der Waals surface area contributed by atoms with E-state index in [1.54, 1.807) is 0 Å². The Hall–Kier alpha value is -1.54. The van der Waals surface area contributed by atoms with Gasteiger partial charge in [0, 0.05) is 6.42 Å². The molecule has 0 saturated heterocycles. The summed E-state index contributed by atoms with van der Waals surface area (Å²) in [6, 6.07) is 0. The number of aliphatic hydroxyl groups is 2. The lowest BCUT2D eigenvalue weighted by atomic mass is 9.66. The molecular formula is C45H82O8. The van der Waals surface area contributed by atoms with Gasteiger partial charge >= 0.3 is 12.3 Å². The van der Waals surface area contributed by atoms with Gasteiger partial charge in [0.1, 0.15) is 24.4 Å². The highest BCUT2D eigenvalue weighted by molar-refractivity contribution is 5.60. The van der Waals surface area contributed by atoms with Crippen LogP contribution in [0.3, 0.4) is 0 Å². The van der Waals surface area contributed by atoms with E-state index in [0.717, 1.165) is 51.4 Å². The Kier molecular flexibility index (Phi) is 17.8. The van der Waals surface area contributed by atoms with Crippen LogP contribution in [0.4, 0.5) is 9.59 Å². The first-order valence-electron chi connectivity index (χ1n) is 21.9. The molecule has 0 bridgehead atoms. The van der Waals surface area contributed by atoms with Crippen molar-refractivity contribution >= 4 is 12.3 Å². The van der Waals surface area contributed by atoms with Crippen molar-refractivity contribution in [2.45, 2.75) is 190 Å². The molecule has 310 valence electrons. The quantitative estimate of drug-likeness (QED) is 0.201. The number of rotatable bonds is 11. The lowest BCUT2D eigenvalue weighted by molar-refractivity contribution is -0.126. The van der Waals surface area contributed by atoms with Gasteiger partial charge in [0.2, 0.25) is 0 Å². The van der Waals surface area contributed by atoms with E-state index in [4.69, 9.17) is 18.9 Å². The summed E-state index contributed by atoms with van der Waals surface area (Å²) in [4.78, 5) is 24.7. The first kappa shape index (κ1) is 45.8. The molecule has 0 aromatic carbocycles. The molecule has 53 heavy (non-hydrogen) atoms. The van der Waals surface area contributed by atoms with Gasteiger partial charge < -0.3 is 29.2 Å². The molecule has 4 saturated carbocycles. The second-order valence-electron chi connectivity index (χ2n) is 20.0. The Morgan fingerprint density at radius 1 is 0.547 bits per heavy atom. The topological polar surface area (TPSA) is 112 Å². The van der Waals surface area contributed by atoms with Crippen LogP contribution < -0.4 is 0 Å². The van der Waals surface area contributed by atoms with E-state index in [1.165, 1.54) is 19.3 Å². The Bertz CT molecular complexity index is 1110. The summed E-state index contributed by atoms with van der Waals surface area (Å²) in [5.74, 6) is 5.23. The van der Waals surface area contributed by atoms with Crippen molar-refractivity contribution in [3.8, 4) is 0 Å². The molecule has 0 radical (unpaired) electrons. The molecular weight excluding hydrogens is 668 g/mol. The van der Waals surface area contributed by atoms with E-state index in [1.807, 2.05) is 0 Å². The molecule has 0 aliphatic heterocycles. The molecule has 0 aromatic rings. The number of hydrogen-bond donors (Lipinski definition) is 2. The molecule has 4 aliphatic carbocycles. The summed E-state index contributed by atoms with van der Waals surface area (Å²) >= 11 is 0. The second kappa shape index (κ2) is 20.6. The second-order valence-corrected chi connectivity index (χ2v) is 20.0. The van der Waals surface area contributed by atoms with Gasteiger partial charge in [-0.1, -0.05) is 109 Å². The third-order valence-corrected chi connectivity index (χ3v) is 13.9. The predicted molar refractivity (Wildman–Crippen MR) is 212 cm³/mol. The van der Waals surface area contributed by atoms with Crippen molar-refractivity contribution in [3.05, 3.63) is 0 Å². The molecule has 0 unspecified atom stereocenters. The third-order valence-electron chi connectivity index (χ3n) is 13.9. The van der Waals surface area contributed by atoms with E-state index < -0.39 is 23.5 Å². The van der Waals surface area contributed by atoms with Crippen LogP contribution in [0, 0.1) is 71.0 Å². The number of ether oxygens (including phenoxy) is 4. The van der Waals surface area contributed by atoms with E-state index >= 15 is 0 Å². The molecule has 0 amide bonds. The molecule has 12 atom stereocenters. The number of hydrogen-bond acceptors (Lipinski definition) is 8. The lowest BCUT2D eigenvalue weighted by Crippen LogP contribution is -2.49. The smallest absolute Gasteiger partial charge is 0.434 e. The highest BCUT2D eigenvalue weighted by Crippen LogP contribution is 2.44. The van der Waals surface area contributed by atoms with Gasteiger partial charge in [-0.3, -0.25) is 0 Å². The van der Waals surface area contributed by atoms with Crippen LogP contribution in [0.25, 0.3) is 0 Å². The first-order chi connectivity index (χ1) is 24.7. The zero-order valence-electron chi connectivity index (χ0n) is 36.0. The maximum atomic E-state index is 12.4. The highest BCUT2D eigenvalue weighted by Gasteiger charge is 2.45. The Morgan fingerprint density at radius 3 is 1.38 bits per heavy atom. The average molecular weight is 751 g/mol. The zero-order valence-corrected chi connectivity index (χ0v) is 36.0. The van der Waals surface area contributed by atoms with E-state index in [0.29, 0.717) is 72.0 Å². The fourth-order valence-electron chi connectivity index (χ4n) is 10.9. The fraction of sp³-hybridized carbons (Fsp3) is 0.956. The summed E-state index contributed by atoms with van der Waals surface area (Å²) < 4.78 is 22.3. The van der Waals surface area contributed by atoms with Crippen LogP contribution >= 0.6 is 0 Å². The Balaban J connectivity index is 0.000000286. The summed E-state index contributed by atoms with van der Waals surface area (Å²) in [6.45, 7) is 26.5. The maximum Gasteiger partial charge on any atom is 0.508 e.